The lowest BCUT2D eigenvalue weighted by atomic mass is 10.0. The normalized spacial score (nSPS) is 23.6. The van der Waals surface area contributed by atoms with Gasteiger partial charge in [-0.25, -0.2) is 13.8 Å². The average molecular weight is 523 g/mol. The Balaban J connectivity index is 1.25. The van der Waals surface area contributed by atoms with Crippen LogP contribution in [0.3, 0.4) is 0 Å². The molecule has 2 aliphatic rings. The van der Waals surface area contributed by atoms with Crippen LogP contribution in [0.15, 0.2) is 18.2 Å². The van der Waals surface area contributed by atoms with E-state index in [0.29, 0.717) is 33.9 Å². The molecule has 0 spiro atoms. The number of aromatic nitrogens is 3. The number of ether oxygens (including phenoxy) is 3. The standard InChI is InChI=1S/C25H29ClF2N4O4/c1-32(2)7-3-4-13-8-16(27)14(17(28)9-13)5-6-18-15(26)10-19-24(29-18)31-25(30-19)36-21-12-35-22-20(33)11-34-23(21)22/h8-10,20-23,33H,3-7,11-12H2,1-2H3,(H,29,30,31)/t20-,21-,22-,23-/m1/s1. The van der Waals surface area contributed by atoms with E-state index in [2.05, 4.69) is 15.0 Å². The van der Waals surface area contributed by atoms with Gasteiger partial charge >= 0.3 is 0 Å². The number of aromatic amines is 1. The van der Waals surface area contributed by atoms with E-state index in [1.165, 1.54) is 12.1 Å². The number of aryl methyl sites for hydroxylation is 2. The number of aliphatic hydroxyl groups is 1. The molecule has 4 heterocycles. The number of hydrogen-bond acceptors (Lipinski definition) is 7. The number of benzene rings is 1. The highest BCUT2D eigenvalue weighted by Gasteiger charge is 2.48. The molecule has 1 aromatic carbocycles. The van der Waals surface area contributed by atoms with Gasteiger partial charge in [-0.3, -0.25) is 0 Å². The fourth-order valence-corrected chi connectivity index (χ4v) is 4.98. The first-order valence-corrected chi connectivity index (χ1v) is 12.4. The number of nitrogens with zero attached hydrogens (tertiary/aromatic N) is 3. The van der Waals surface area contributed by atoms with Gasteiger partial charge in [0.05, 0.1) is 29.4 Å². The van der Waals surface area contributed by atoms with Gasteiger partial charge in [0, 0.05) is 5.56 Å². The zero-order valence-electron chi connectivity index (χ0n) is 20.1. The Labute approximate surface area is 212 Å². The maximum atomic E-state index is 14.7. The third-order valence-electron chi connectivity index (χ3n) is 6.61. The summed E-state index contributed by atoms with van der Waals surface area (Å²) >= 11 is 6.42. The van der Waals surface area contributed by atoms with Crippen LogP contribution in [-0.4, -0.2) is 83.2 Å². The zero-order chi connectivity index (χ0) is 25.4. The second-order valence-corrected chi connectivity index (χ2v) is 10.0. The van der Waals surface area contributed by atoms with Crippen molar-refractivity contribution in [3.63, 3.8) is 0 Å². The van der Waals surface area contributed by atoms with Crippen LogP contribution in [-0.2, 0) is 28.7 Å². The molecule has 0 unspecified atom stereocenters. The molecule has 36 heavy (non-hydrogen) atoms. The third-order valence-corrected chi connectivity index (χ3v) is 6.93. The van der Waals surface area contributed by atoms with Crippen LogP contribution < -0.4 is 4.74 Å². The van der Waals surface area contributed by atoms with Gasteiger partial charge in [0.25, 0.3) is 6.01 Å². The molecule has 5 rings (SSSR count). The minimum absolute atomic E-state index is 0.0184. The van der Waals surface area contributed by atoms with E-state index >= 15 is 0 Å². The van der Waals surface area contributed by atoms with Gasteiger partial charge in [-0.15, -0.1) is 0 Å². The van der Waals surface area contributed by atoms with Gasteiger partial charge in [0.2, 0.25) is 0 Å². The van der Waals surface area contributed by atoms with Crippen molar-refractivity contribution >= 4 is 22.8 Å². The predicted octanol–water partition coefficient (Wildman–Crippen LogP) is 3.07. The monoisotopic (exact) mass is 522 g/mol. The lowest BCUT2D eigenvalue weighted by Gasteiger charge is -2.15. The van der Waals surface area contributed by atoms with E-state index < -0.39 is 29.9 Å². The molecule has 0 aliphatic carbocycles. The molecule has 4 atom stereocenters. The molecule has 11 heteroatoms. The van der Waals surface area contributed by atoms with Crippen molar-refractivity contribution in [2.45, 2.75) is 50.1 Å². The summed E-state index contributed by atoms with van der Waals surface area (Å²) < 4.78 is 46.4. The molecule has 2 saturated heterocycles. The summed E-state index contributed by atoms with van der Waals surface area (Å²) in [6.45, 7) is 1.33. The molecular formula is C25H29ClF2N4O4. The number of rotatable bonds is 9. The summed E-state index contributed by atoms with van der Waals surface area (Å²) in [5.74, 6) is -1.11. The molecule has 2 aromatic heterocycles. The number of halogens is 3. The van der Waals surface area contributed by atoms with Crippen LogP contribution in [0, 0.1) is 11.6 Å². The summed E-state index contributed by atoms with van der Waals surface area (Å²) in [5, 5.41) is 10.3. The Morgan fingerprint density at radius 1 is 1.08 bits per heavy atom. The second-order valence-electron chi connectivity index (χ2n) is 9.59. The van der Waals surface area contributed by atoms with Crippen LogP contribution in [0.1, 0.15) is 23.2 Å². The lowest BCUT2D eigenvalue weighted by molar-refractivity contribution is 0.00706. The van der Waals surface area contributed by atoms with Gasteiger partial charge < -0.3 is 29.2 Å². The Morgan fingerprint density at radius 2 is 1.83 bits per heavy atom. The summed E-state index contributed by atoms with van der Waals surface area (Å²) in [6, 6.07) is 4.72. The molecule has 0 amide bonds. The van der Waals surface area contributed by atoms with Crippen molar-refractivity contribution in [1.82, 2.24) is 19.9 Å². The third kappa shape index (κ3) is 5.33. The second kappa shape index (κ2) is 10.5. The maximum absolute atomic E-state index is 14.7. The van der Waals surface area contributed by atoms with E-state index in [-0.39, 0.29) is 43.7 Å². The van der Waals surface area contributed by atoms with Crippen LogP contribution in [0.4, 0.5) is 8.78 Å². The van der Waals surface area contributed by atoms with E-state index in [9.17, 15) is 13.9 Å². The van der Waals surface area contributed by atoms with Crippen molar-refractivity contribution in [1.29, 1.82) is 0 Å². The number of aliphatic hydroxyl groups excluding tert-OH is 1. The fourth-order valence-electron chi connectivity index (χ4n) is 4.73. The van der Waals surface area contributed by atoms with Crippen molar-refractivity contribution in [2.75, 3.05) is 33.9 Å². The molecule has 2 N–H and O–H groups in total. The molecule has 0 radical (unpaired) electrons. The van der Waals surface area contributed by atoms with Crippen molar-refractivity contribution in [3.05, 3.63) is 51.7 Å². The molecule has 0 bridgehead atoms. The Kier molecular flexibility index (Phi) is 7.41. The van der Waals surface area contributed by atoms with E-state index in [4.69, 9.17) is 25.8 Å². The molecule has 2 fully saturated rings. The zero-order valence-corrected chi connectivity index (χ0v) is 20.9. The molecule has 194 valence electrons. The van der Waals surface area contributed by atoms with Crippen LogP contribution in [0.25, 0.3) is 11.2 Å². The largest absolute Gasteiger partial charge is 0.456 e. The summed E-state index contributed by atoms with van der Waals surface area (Å²) in [4.78, 5) is 13.9. The van der Waals surface area contributed by atoms with Gasteiger partial charge in [-0.1, -0.05) is 11.6 Å². The van der Waals surface area contributed by atoms with Crippen molar-refractivity contribution in [2.24, 2.45) is 0 Å². The molecule has 2 aliphatic heterocycles. The summed E-state index contributed by atoms with van der Waals surface area (Å²) in [6.07, 6.45) is -0.0707. The summed E-state index contributed by atoms with van der Waals surface area (Å²) in [7, 11) is 3.93. The molecule has 0 saturated carbocycles. The lowest BCUT2D eigenvalue weighted by Crippen LogP contribution is -2.34. The highest BCUT2D eigenvalue weighted by atomic mass is 35.5. The van der Waals surface area contributed by atoms with Crippen molar-refractivity contribution < 1.29 is 28.1 Å². The number of H-pyrrole nitrogens is 1. The van der Waals surface area contributed by atoms with Crippen LogP contribution >= 0.6 is 11.6 Å². The van der Waals surface area contributed by atoms with Crippen LogP contribution in [0.2, 0.25) is 5.02 Å². The number of pyridine rings is 1. The smallest absolute Gasteiger partial charge is 0.296 e. The number of hydrogen-bond donors (Lipinski definition) is 2. The SMILES string of the molecule is CN(C)CCCc1cc(F)c(CCc2nc3nc(O[C@@H]4CO[C@H]5[C@@H]4OC[C@H]5O)[nH]c3cc2Cl)c(F)c1. The fraction of sp³-hybridized carbons (Fsp3) is 0.520. The molecular weight excluding hydrogens is 494 g/mol. The topological polar surface area (TPSA) is 92.7 Å². The van der Waals surface area contributed by atoms with Gasteiger partial charge in [0.1, 0.15) is 29.9 Å². The first-order chi connectivity index (χ1) is 17.3. The average Bonchev–Trinajstić information content (AvgIpc) is 3.50. The van der Waals surface area contributed by atoms with E-state index in [1.807, 2.05) is 19.0 Å². The van der Waals surface area contributed by atoms with Gasteiger partial charge in [-0.2, -0.15) is 4.98 Å². The first-order valence-electron chi connectivity index (χ1n) is 12.0. The number of imidazole rings is 1. The minimum atomic E-state index is -0.670. The quantitative estimate of drug-likeness (QED) is 0.446. The highest BCUT2D eigenvalue weighted by Crippen LogP contribution is 2.30. The Hall–Kier alpha value is -2.37. The Bertz CT molecular complexity index is 1220. The number of nitrogens with one attached hydrogen (secondary N) is 1. The Morgan fingerprint density at radius 3 is 2.58 bits per heavy atom. The number of fused-ring (bicyclic) bond motifs is 2. The maximum Gasteiger partial charge on any atom is 0.296 e. The first kappa shape index (κ1) is 25.3. The summed E-state index contributed by atoms with van der Waals surface area (Å²) in [5.41, 5.74) is 2.10. The van der Waals surface area contributed by atoms with Crippen molar-refractivity contribution in [3.8, 4) is 6.01 Å². The molecule has 8 nitrogen and oxygen atoms in total. The minimum Gasteiger partial charge on any atom is -0.456 e. The van der Waals surface area contributed by atoms with Crippen LogP contribution in [0.5, 0.6) is 6.01 Å². The highest BCUT2D eigenvalue weighted by molar-refractivity contribution is 6.31. The van der Waals surface area contributed by atoms with E-state index in [0.717, 1.165) is 13.0 Å². The molecule has 3 aromatic rings. The predicted molar refractivity (Wildman–Crippen MR) is 129 cm³/mol. The van der Waals surface area contributed by atoms with Gasteiger partial charge in [0.15, 0.2) is 11.8 Å². The van der Waals surface area contributed by atoms with Gasteiger partial charge in [-0.05, 0) is 70.1 Å². The van der Waals surface area contributed by atoms with E-state index in [1.54, 1.807) is 6.07 Å².